The summed E-state index contributed by atoms with van der Waals surface area (Å²) in [6.07, 6.45) is 3.01. The molecule has 1 aromatic heterocycles. The van der Waals surface area contributed by atoms with Crippen LogP contribution in [0.1, 0.15) is 37.1 Å². The first-order valence-corrected chi connectivity index (χ1v) is 6.57. The number of rotatable bonds is 6. The molecular formula is C15H20N2O2. The summed E-state index contributed by atoms with van der Waals surface area (Å²) < 4.78 is 6.99. The molecule has 2 rings (SSSR count). The molecule has 0 aliphatic carbocycles. The maximum absolute atomic E-state index is 10.1. The molecular weight excluding hydrogens is 240 g/mol. The lowest BCUT2D eigenvalue weighted by atomic mass is 10.1. The van der Waals surface area contributed by atoms with Gasteiger partial charge in [-0.2, -0.15) is 5.10 Å². The second kappa shape index (κ2) is 6.38. The van der Waals surface area contributed by atoms with E-state index in [9.17, 15) is 5.11 Å². The summed E-state index contributed by atoms with van der Waals surface area (Å²) in [7, 11) is 1.65. The molecule has 2 aromatic rings. The number of aliphatic hydroxyl groups excluding tert-OH is 1. The minimum atomic E-state index is -0.439. The predicted molar refractivity (Wildman–Crippen MR) is 74.2 cm³/mol. The Balaban J connectivity index is 2.12. The van der Waals surface area contributed by atoms with E-state index in [1.165, 1.54) is 0 Å². The zero-order valence-electron chi connectivity index (χ0n) is 11.4. The van der Waals surface area contributed by atoms with Gasteiger partial charge < -0.3 is 9.84 Å². The van der Waals surface area contributed by atoms with Crippen LogP contribution < -0.4 is 4.74 Å². The van der Waals surface area contributed by atoms with E-state index in [0.29, 0.717) is 6.54 Å². The van der Waals surface area contributed by atoms with Crippen LogP contribution in [0.25, 0.3) is 0 Å². The third-order valence-corrected chi connectivity index (χ3v) is 3.14. The maximum atomic E-state index is 10.1. The van der Waals surface area contributed by atoms with Crippen molar-refractivity contribution in [1.29, 1.82) is 0 Å². The second-order valence-electron chi connectivity index (χ2n) is 4.57. The van der Waals surface area contributed by atoms with Crippen molar-refractivity contribution < 1.29 is 9.84 Å². The summed E-state index contributed by atoms with van der Waals surface area (Å²) in [5, 5.41) is 14.4. The van der Waals surface area contributed by atoms with Gasteiger partial charge in [0.25, 0.3) is 0 Å². The monoisotopic (exact) mass is 260 g/mol. The van der Waals surface area contributed by atoms with E-state index in [2.05, 4.69) is 12.0 Å². The fourth-order valence-electron chi connectivity index (χ4n) is 2.08. The molecule has 0 radical (unpaired) electrons. The summed E-state index contributed by atoms with van der Waals surface area (Å²) in [6.45, 7) is 2.72. The van der Waals surface area contributed by atoms with Crippen LogP contribution in [0.15, 0.2) is 36.5 Å². The molecule has 4 heteroatoms. The van der Waals surface area contributed by atoms with E-state index in [1.807, 2.05) is 35.0 Å². The average molecular weight is 260 g/mol. The highest BCUT2D eigenvalue weighted by Gasteiger charge is 2.12. The normalized spacial score (nSPS) is 12.4. The number of nitrogens with zero attached hydrogens (tertiary/aromatic N) is 2. The zero-order valence-corrected chi connectivity index (χ0v) is 11.4. The topological polar surface area (TPSA) is 47.3 Å². The van der Waals surface area contributed by atoms with E-state index >= 15 is 0 Å². The Morgan fingerprint density at radius 3 is 2.63 bits per heavy atom. The van der Waals surface area contributed by atoms with Gasteiger partial charge in [0.2, 0.25) is 0 Å². The molecule has 1 aromatic carbocycles. The van der Waals surface area contributed by atoms with Crippen LogP contribution >= 0.6 is 0 Å². The SMILES string of the molecule is CCCC(O)c1ccnn1Cc1ccc(OC)cc1. The van der Waals surface area contributed by atoms with Gasteiger partial charge in [0.1, 0.15) is 5.75 Å². The zero-order chi connectivity index (χ0) is 13.7. The van der Waals surface area contributed by atoms with Gasteiger partial charge in [-0.15, -0.1) is 0 Å². The highest BCUT2D eigenvalue weighted by Crippen LogP contribution is 2.19. The highest BCUT2D eigenvalue weighted by molar-refractivity contribution is 5.27. The Bertz CT molecular complexity index is 505. The lowest BCUT2D eigenvalue weighted by Crippen LogP contribution is -2.10. The van der Waals surface area contributed by atoms with Gasteiger partial charge in [-0.25, -0.2) is 0 Å². The van der Waals surface area contributed by atoms with Crippen molar-refractivity contribution in [3.8, 4) is 5.75 Å². The van der Waals surface area contributed by atoms with Gasteiger partial charge in [0, 0.05) is 6.20 Å². The Hall–Kier alpha value is -1.81. The highest BCUT2D eigenvalue weighted by atomic mass is 16.5. The maximum Gasteiger partial charge on any atom is 0.118 e. The van der Waals surface area contributed by atoms with Crippen LogP contribution in [0.4, 0.5) is 0 Å². The smallest absolute Gasteiger partial charge is 0.118 e. The minimum Gasteiger partial charge on any atom is -0.497 e. The fourth-order valence-corrected chi connectivity index (χ4v) is 2.08. The fraction of sp³-hybridized carbons (Fsp3) is 0.400. The van der Waals surface area contributed by atoms with Crippen LogP contribution in [-0.4, -0.2) is 22.0 Å². The van der Waals surface area contributed by atoms with Gasteiger partial charge >= 0.3 is 0 Å². The van der Waals surface area contributed by atoms with Crippen LogP contribution in [0.5, 0.6) is 5.75 Å². The van der Waals surface area contributed by atoms with Gasteiger partial charge in [0.15, 0.2) is 0 Å². The average Bonchev–Trinajstić information content (AvgIpc) is 2.88. The van der Waals surface area contributed by atoms with Crippen LogP contribution in [-0.2, 0) is 6.54 Å². The summed E-state index contributed by atoms with van der Waals surface area (Å²) in [4.78, 5) is 0. The molecule has 102 valence electrons. The molecule has 0 bridgehead atoms. The van der Waals surface area contributed by atoms with Gasteiger partial charge in [0.05, 0.1) is 25.5 Å². The first-order valence-electron chi connectivity index (χ1n) is 6.57. The van der Waals surface area contributed by atoms with Crippen molar-refractivity contribution in [2.45, 2.75) is 32.4 Å². The molecule has 0 aliphatic rings. The van der Waals surface area contributed by atoms with Crippen molar-refractivity contribution in [2.24, 2.45) is 0 Å². The van der Waals surface area contributed by atoms with E-state index in [4.69, 9.17) is 4.74 Å². The molecule has 1 N–H and O–H groups in total. The summed E-state index contributed by atoms with van der Waals surface area (Å²) in [6, 6.07) is 9.76. The first-order chi connectivity index (χ1) is 9.24. The molecule has 1 heterocycles. The summed E-state index contributed by atoms with van der Waals surface area (Å²) >= 11 is 0. The van der Waals surface area contributed by atoms with Crippen molar-refractivity contribution in [3.05, 3.63) is 47.8 Å². The van der Waals surface area contributed by atoms with Crippen LogP contribution in [0.3, 0.4) is 0 Å². The van der Waals surface area contributed by atoms with Crippen molar-refractivity contribution in [3.63, 3.8) is 0 Å². The van der Waals surface area contributed by atoms with Crippen molar-refractivity contribution in [2.75, 3.05) is 7.11 Å². The molecule has 0 amide bonds. The lowest BCUT2D eigenvalue weighted by molar-refractivity contribution is 0.156. The molecule has 19 heavy (non-hydrogen) atoms. The van der Waals surface area contributed by atoms with E-state index < -0.39 is 6.10 Å². The number of methoxy groups -OCH3 is 1. The Kier molecular flexibility index (Phi) is 4.58. The second-order valence-corrected chi connectivity index (χ2v) is 4.57. The molecule has 4 nitrogen and oxygen atoms in total. The third kappa shape index (κ3) is 3.35. The number of aromatic nitrogens is 2. The Morgan fingerprint density at radius 1 is 1.26 bits per heavy atom. The molecule has 0 spiro atoms. The number of benzene rings is 1. The van der Waals surface area contributed by atoms with Gasteiger partial charge in [-0.05, 0) is 30.2 Å². The molecule has 0 saturated carbocycles. The minimum absolute atomic E-state index is 0.439. The summed E-state index contributed by atoms with van der Waals surface area (Å²) in [5.74, 6) is 0.843. The number of aliphatic hydroxyl groups is 1. The lowest BCUT2D eigenvalue weighted by Gasteiger charge is -2.13. The number of hydrogen-bond donors (Lipinski definition) is 1. The third-order valence-electron chi connectivity index (χ3n) is 3.14. The van der Waals surface area contributed by atoms with E-state index in [-0.39, 0.29) is 0 Å². The van der Waals surface area contributed by atoms with Gasteiger partial charge in [-0.3, -0.25) is 4.68 Å². The predicted octanol–water partition coefficient (Wildman–Crippen LogP) is 2.77. The summed E-state index contributed by atoms with van der Waals surface area (Å²) in [5.41, 5.74) is 2.01. The Morgan fingerprint density at radius 2 is 2.00 bits per heavy atom. The van der Waals surface area contributed by atoms with Gasteiger partial charge in [-0.1, -0.05) is 25.5 Å². The van der Waals surface area contributed by atoms with E-state index in [0.717, 1.165) is 29.8 Å². The molecule has 1 atom stereocenters. The number of hydrogen-bond acceptors (Lipinski definition) is 3. The molecule has 0 aliphatic heterocycles. The molecule has 0 saturated heterocycles. The van der Waals surface area contributed by atoms with Crippen LogP contribution in [0, 0.1) is 0 Å². The van der Waals surface area contributed by atoms with Crippen LogP contribution in [0.2, 0.25) is 0 Å². The quantitative estimate of drug-likeness (QED) is 0.868. The standard InChI is InChI=1S/C15H20N2O2/c1-3-4-15(18)14-9-10-16-17(14)11-12-5-7-13(19-2)8-6-12/h5-10,15,18H,3-4,11H2,1-2H3. The molecule has 0 fully saturated rings. The van der Waals surface area contributed by atoms with Crippen molar-refractivity contribution >= 4 is 0 Å². The Labute approximate surface area is 113 Å². The number of ether oxygens (including phenoxy) is 1. The largest absolute Gasteiger partial charge is 0.497 e. The van der Waals surface area contributed by atoms with E-state index in [1.54, 1.807) is 13.3 Å². The first kappa shape index (κ1) is 13.6. The molecule has 1 unspecified atom stereocenters. The van der Waals surface area contributed by atoms with Crippen molar-refractivity contribution in [1.82, 2.24) is 9.78 Å².